The Morgan fingerprint density at radius 2 is 1.88 bits per heavy atom. The number of hydrogen-bond acceptors (Lipinski definition) is 1. The molecule has 4 nitrogen and oxygen atoms in total. The van der Waals surface area contributed by atoms with Crippen molar-refractivity contribution < 1.29 is 17.7 Å². The quantitative estimate of drug-likeness (QED) is 0.707. The number of rotatable bonds is 2. The minimum absolute atomic E-state index is 0.0220. The maximum Gasteiger partial charge on any atom is 0.416 e. The van der Waals surface area contributed by atoms with Crippen molar-refractivity contribution in [1.82, 2.24) is 0 Å². The zero-order valence-corrected chi connectivity index (χ0v) is 9.27. The first-order chi connectivity index (χ1) is 7.09. The van der Waals surface area contributed by atoms with Gasteiger partial charge in [0.25, 0.3) is 7.59 Å². The molecule has 1 aromatic carbocycles. The predicted molar refractivity (Wildman–Crippen MR) is 55.8 cm³/mol. The Labute approximate surface area is 90.3 Å². The Balaban J connectivity index is 3.13. The summed E-state index contributed by atoms with van der Waals surface area (Å²) in [7, 11) is -3.59. The van der Waals surface area contributed by atoms with E-state index in [4.69, 9.17) is 11.0 Å². The van der Waals surface area contributed by atoms with Crippen LogP contribution in [-0.2, 0) is 10.7 Å². The molecule has 5 N–H and O–H groups in total. The second-order valence-electron chi connectivity index (χ2n) is 3.35. The van der Waals surface area contributed by atoms with Gasteiger partial charge in [0.05, 0.1) is 5.56 Å². The molecule has 0 bridgehead atoms. The van der Waals surface area contributed by atoms with Crippen molar-refractivity contribution in [3.8, 4) is 0 Å². The van der Waals surface area contributed by atoms with Gasteiger partial charge in [-0.15, -0.1) is 0 Å². The summed E-state index contributed by atoms with van der Waals surface area (Å²) in [6, 6.07) is 3.40. The summed E-state index contributed by atoms with van der Waals surface area (Å²) in [6.45, 7) is 1.33. The van der Waals surface area contributed by atoms with E-state index in [1.807, 2.05) is 0 Å². The third-order valence-corrected chi connectivity index (χ3v) is 2.45. The molecule has 16 heavy (non-hydrogen) atoms. The molecule has 0 aliphatic heterocycles. The molecule has 0 radical (unpaired) electrons. The lowest BCUT2D eigenvalue weighted by Crippen LogP contribution is -2.14. The normalized spacial score (nSPS) is 12.6. The molecule has 0 heterocycles. The average molecular weight is 253 g/mol. The van der Waals surface area contributed by atoms with Crippen molar-refractivity contribution in [2.24, 2.45) is 11.0 Å². The number of nitrogens with one attached hydrogen (secondary N) is 1. The first kappa shape index (κ1) is 13.0. The van der Waals surface area contributed by atoms with Crippen LogP contribution in [0.2, 0.25) is 0 Å². The molecule has 90 valence electrons. The third-order valence-electron chi connectivity index (χ3n) is 1.85. The lowest BCUT2D eigenvalue weighted by atomic mass is 10.1. The fourth-order valence-corrected chi connectivity index (χ4v) is 1.74. The topological polar surface area (TPSA) is 81.1 Å². The number of nitrogens with two attached hydrogens (primary N) is 2. The van der Waals surface area contributed by atoms with Crippen LogP contribution in [0.1, 0.15) is 11.1 Å². The van der Waals surface area contributed by atoms with Gasteiger partial charge in [0.2, 0.25) is 0 Å². The molecule has 0 spiro atoms. The van der Waals surface area contributed by atoms with E-state index in [2.05, 4.69) is 5.09 Å². The van der Waals surface area contributed by atoms with E-state index in [0.717, 1.165) is 6.07 Å². The summed E-state index contributed by atoms with van der Waals surface area (Å²) in [5.74, 6) is 0. The standard InChI is InChI=1S/C8H11F3N3OP/c1-5-2-3-6(14-16(12,13)15)4-7(5)8(9,10)11/h2-4H,1H3,(H5,12,13,14,15). The number of aryl methyl sites for hydroxylation is 1. The summed E-state index contributed by atoms with van der Waals surface area (Å²) >= 11 is 0. The molecule has 8 heteroatoms. The van der Waals surface area contributed by atoms with E-state index >= 15 is 0 Å². The molecule has 0 saturated heterocycles. The van der Waals surface area contributed by atoms with Crippen LogP contribution in [0.5, 0.6) is 0 Å². The van der Waals surface area contributed by atoms with Crippen molar-refractivity contribution in [2.75, 3.05) is 5.09 Å². The van der Waals surface area contributed by atoms with Gasteiger partial charge in [-0.1, -0.05) is 6.07 Å². The van der Waals surface area contributed by atoms with Gasteiger partial charge < -0.3 is 5.09 Å². The minimum atomic E-state index is -4.46. The van der Waals surface area contributed by atoms with Crippen molar-refractivity contribution in [3.63, 3.8) is 0 Å². The highest BCUT2D eigenvalue weighted by molar-refractivity contribution is 7.60. The molecule has 1 rings (SSSR count). The molecule has 0 aliphatic rings. The largest absolute Gasteiger partial charge is 0.416 e. The Hall–Kier alpha value is -1.04. The fourth-order valence-electron chi connectivity index (χ4n) is 1.20. The maximum atomic E-state index is 12.5. The highest BCUT2D eigenvalue weighted by Crippen LogP contribution is 2.35. The molecule has 0 amide bonds. The number of benzene rings is 1. The molecule has 0 aliphatic carbocycles. The molecule has 0 fully saturated rings. The summed E-state index contributed by atoms with van der Waals surface area (Å²) in [6.07, 6.45) is -4.46. The SMILES string of the molecule is Cc1ccc(NP(N)(N)=O)cc1C(F)(F)F. The van der Waals surface area contributed by atoms with Crippen molar-refractivity contribution in [1.29, 1.82) is 0 Å². The van der Waals surface area contributed by atoms with E-state index in [9.17, 15) is 17.7 Å². The van der Waals surface area contributed by atoms with Gasteiger partial charge >= 0.3 is 6.18 Å². The van der Waals surface area contributed by atoms with Gasteiger partial charge in [-0.3, -0.25) is 15.6 Å². The Morgan fingerprint density at radius 1 is 1.31 bits per heavy atom. The maximum absolute atomic E-state index is 12.5. The van der Waals surface area contributed by atoms with E-state index in [-0.39, 0.29) is 11.3 Å². The van der Waals surface area contributed by atoms with E-state index in [1.54, 1.807) is 0 Å². The van der Waals surface area contributed by atoms with Crippen LogP contribution in [0.4, 0.5) is 18.9 Å². The summed E-state index contributed by atoms with van der Waals surface area (Å²) in [5.41, 5.74) is 9.25. The van der Waals surface area contributed by atoms with Crippen LogP contribution in [0.3, 0.4) is 0 Å². The van der Waals surface area contributed by atoms with Crippen LogP contribution in [0.25, 0.3) is 0 Å². The second kappa shape index (κ2) is 4.08. The van der Waals surface area contributed by atoms with Crippen molar-refractivity contribution in [2.45, 2.75) is 13.1 Å². The summed E-state index contributed by atoms with van der Waals surface area (Å²) in [5, 5.41) is 2.13. The molecule has 1 aromatic rings. The van der Waals surface area contributed by atoms with Crippen LogP contribution < -0.4 is 16.1 Å². The highest BCUT2D eigenvalue weighted by atomic mass is 31.2. The van der Waals surface area contributed by atoms with Gasteiger partial charge in [0.15, 0.2) is 0 Å². The Bertz CT molecular complexity index is 441. The van der Waals surface area contributed by atoms with Gasteiger partial charge in [-0.05, 0) is 24.6 Å². The van der Waals surface area contributed by atoms with Crippen LogP contribution in [0.15, 0.2) is 18.2 Å². The first-order valence-electron chi connectivity index (χ1n) is 4.23. The molecule has 0 atom stereocenters. The molecular weight excluding hydrogens is 242 g/mol. The van der Waals surface area contributed by atoms with Crippen LogP contribution >= 0.6 is 7.59 Å². The lowest BCUT2D eigenvalue weighted by molar-refractivity contribution is -0.138. The van der Waals surface area contributed by atoms with Gasteiger partial charge in [0, 0.05) is 5.69 Å². The van der Waals surface area contributed by atoms with Crippen LogP contribution in [0, 0.1) is 6.92 Å². The number of anilines is 1. The molecule has 0 saturated carbocycles. The fraction of sp³-hybridized carbons (Fsp3) is 0.250. The third kappa shape index (κ3) is 3.52. The summed E-state index contributed by atoms with van der Waals surface area (Å²) in [4.78, 5) is 0. The van der Waals surface area contributed by atoms with Crippen LogP contribution in [-0.4, -0.2) is 0 Å². The smallest absolute Gasteiger partial charge is 0.313 e. The zero-order chi connectivity index (χ0) is 12.6. The van der Waals surface area contributed by atoms with E-state index in [0.29, 0.717) is 0 Å². The van der Waals surface area contributed by atoms with E-state index < -0.39 is 19.3 Å². The summed E-state index contributed by atoms with van der Waals surface area (Å²) < 4.78 is 48.5. The Morgan fingerprint density at radius 3 is 2.31 bits per heavy atom. The second-order valence-corrected chi connectivity index (χ2v) is 4.99. The number of hydrogen-bond donors (Lipinski definition) is 3. The average Bonchev–Trinajstić information content (AvgIpc) is 2.04. The van der Waals surface area contributed by atoms with Crippen molar-refractivity contribution in [3.05, 3.63) is 29.3 Å². The molecule has 0 aromatic heterocycles. The van der Waals surface area contributed by atoms with E-state index in [1.165, 1.54) is 19.1 Å². The minimum Gasteiger partial charge on any atom is -0.313 e. The van der Waals surface area contributed by atoms with Gasteiger partial charge in [0.1, 0.15) is 0 Å². The zero-order valence-electron chi connectivity index (χ0n) is 8.38. The van der Waals surface area contributed by atoms with Gasteiger partial charge in [-0.25, -0.2) is 0 Å². The van der Waals surface area contributed by atoms with Gasteiger partial charge in [-0.2, -0.15) is 13.2 Å². The number of alkyl halides is 3. The lowest BCUT2D eigenvalue weighted by Gasteiger charge is -2.14. The molecular formula is C8H11F3N3OP. The monoisotopic (exact) mass is 253 g/mol. The first-order valence-corrected chi connectivity index (χ1v) is 6.07. The predicted octanol–water partition coefficient (Wildman–Crippen LogP) is 2.45. The highest BCUT2D eigenvalue weighted by Gasteiger charge is 2.32. The molecule has 0 unspecified atom stereocenters. The number of halogens is 3. The Kier molecular flexibility index (Phi) is 3.33. The van der Waals surface area contributed by atoms with Crippen molar-refractivity contribution >= 4 is 13.3 Å².